The molecule has 4 bridgehead atoms. The summed E-state index contributed by atoms with van der Waals surface area (Å²) in [6, 6.07) is 9.68. The molecular formula is C24H18O8. The van der Waals surface area contributed by atoms with Crippen LogP contribution in [0.25, 0.3) is 10.8 Å². The average molecular weight is 434 g/mol. The first-order valence-corrected chi connectivity index (χ1v) is 9.85. The van der Waals surface area contributed by atoms with Crippen LogP contribution in [0.15, 0.2) is 36.4 Å². The van der Waals surface area contributed by atoms with E-state index in [-0.39, 0.29) is 16.7 Å². The Kier molecular flexibility index (Phi) is 5.14. The standard InChI is InChI=1S/C14H10O4.C10H8O4/c15-13(16)8-2-3-10-9(6-8)5-7-1-4-11(10)12(7)14(17)18;11-9(12)7-4-2-5-1-3-6(7)8(5)10(13)14/h2-3,5-6H,1,4H2,(H,15,16)(H,17,18);2,4H,1,3H2,(H,11,12)(H,13,14). The molecule has 2 aliphatic rings. The van der Waals surface area contributed by atoms with Gasteiger partial charge in [0.25, 0.3) is 0 Å². The Morgan fingerprint density at radius 3 is 1.84 bits per heavy atom. The molecule has 3 aromatic carbocycles. The van der Waals surface area contributed by atoms with Crippen LogP contribution in [0.4, 0.5) is 0 Å². The highest BCUT2D eigenvalue weighted by Gasteiger charge is 2.27. The number of hydrogen-bond acceptors (Lipinski definition) is 4. The van der Waals surface area contributed by atoms with Gasteiger partial charge in [-0.15, -0.1) is 0 Å². The lowest BCUT2D eigenvalue weighted by Crippen LogP contribution is -2.06. The molecule has 8 heteroatoms. The minimum atomic E-state index is -1.06. The predicted molar refractivity (Wildman–Crippen MR) is 113 cm³/mol. The van der Waals surface area contributed by atoms with Gasteiger partial charge < -0.3 is 20.4 Å². The Labute approximate surface area is 181 Å². The average Bonchev–Trinajstić information content (AvgIpc) is 3.22. The van der Waals surface area contributed by atoms with Crippen molar-refractivity contribution in [1.29, 1.82) is 0 Å². The normalized spacial score (nSPS) is 12.9. The van der Waals surface area contributed by atoms with Crippen LogP contribution in [0, 0.1) is 0 Å². The van der Waals surface area contributed by atoms with Gasteiger partial charge in [0, 0.05) is 0 Å². The number of aryl methyl sites for hydroxylation is 3. The van der Waals surface area contributed by atoms with Crippen LogP contribution in [0.5, 0.6) is 0 Å². The fourth-order valence-corrected chi connectivity index (χ4v) is 4.55. The van der Waals surface area contributed by atoms with Crippen LogP contribution >= 0.6 is 0 Å². The second-order valence-corrected chi connectivity index (χ2v) is 7.67. The number of aromatic carboxylic acids is 4. The van der Waals surface area contributed by atoms with E-state index in [4.69, 9.17) is 15.3 Å². The van der Waals surface area contributed by atoms with E-state index in [1.165, 1.54) is 12.1 Å². The zero-order valence-electron chi connectivity index (χ0n) is 16.7. The second kappa shape index (κ2) is 7.81. The van der Waals surface area contributed by atoms with Crippen molar-refractivity contribution < 1.29 is 39.6 Å². The van der Waals surface area contributed by atoms with Crippen molar-refractivity contribution in [2.24, 2.45) is 0 Å². The predicted octanol–water partition coefficient (Wildman–Crippen LogP) is 3.52. The summed E-state index contributed by atoms with van der Waals surface area (Å²) in [4.78, 5) is 43.8. The van der Waals surface area contributed by atoms with E-state index < -0.39 is 23.9 Å². The lowest BCUT2D eigenvalue weighted by atomic mass is 9.98. The fourth-order valence-electron chi connectivity index (χ4n) is 4.55. The van der Waals surface area contributed by atoms with E-state index in [0.717, 1.165) is 27.5 Å². The second-order valence-electron chi connectivity index (χ2n) is 7.67. The highest BCUT2D eigenvalue weighted by Crippen LogP contribution is 2.34. The SMILES string of the molecule is O=C(O)c1ccc2c(C(=O)O)c1CC2.O=C(O)c1ccc2c3c(C(=O)O)c(cc2c1)CC3. The van der Waals surface area contributed by atoms with Crippen LogP contribution in [-0.4, -0.2) is 44.3 Å². The largest absolute Gasteiger partial charge is 0.478 e. The van der Waals surface area contributed by atoms with E-state index in [0.29, 0.717) is 36.8 Å². The first-order valence-electron chi connectivity index (χ1n) is 9.85. The van der Waals surface area contributed by atoms with Crippen LogP contribution in [0.3, 0.4) is 0 Å². The molecular weight excluding hydrogens is 416 g/mol. The lowest BCUT2D eigenvalue weighted by Gasteiger charge is -2.06. The van der Waals surface area contributed by atoms with Crippen molar-refractivity contribution in [3.05, 3.63) is 80.9 Å². The minimum absolute atomic E-state index is 0.114. The molecule has 3 aromatic rings. The van der Waals surface area contributed by atoms with Crippen LogP contribution < -0.4 is 0 Å². The van der Waals surface area contributed by atoms with Crippen molar-refractivity contribution in [2.75, 3.05) is 0 Å². The third kappa shape index (κ3) is 3.45. The number of carboxylic acids is 4. The number of rotatable bonds is 4. The maximum absolute atomic E-state index is 11.2. The number of hydrogen-bond donors (Lipinski definition) is 4. The first-order chi connectivity index (χ1) is 15.2. The van der Waals surface area contributed by atoms with E-state index in [1.54, 1.807) is 24.3 Å². The topological polar surface area (TPSA) is 149 Å². The molecule has 0 spiro atoms. The van der Waals surface area contributed by atoms with E-state index in [2.05, 4.69) is 0 Å². The molecule has 0 aromatic heterocycles. The summed E-state index contributed by atoms with van der Waals surface area (Å²) in [5.74, 6) is -3.96. The van der Waals surface area contributed by atoms with Crippen LogP contribution in [0.2, 0.25) is 0 Å². The molecule has 0 unspecified atom stereocenters. The van der Waals surface area contributed by atoms with Crippen molar-refractivity contribution in [2.45, 2.75) is 25.7 Å². The molecule has 2 aliphatic carbocycles. The fraction of sp³-hybridized carbons (Fsp3) is 0.167. The molecule has 0 heterocycles. The Bertz CT molecular complexity index is 1340. The number of carbonyl (C=O) groups is 4. The summed E-state index contributed by atoms with van der Waals surface area (Å²) >= 11 is 0. The molecule has 5 rings (SSSR count). The number of benzene rings is 3. The monoisotopic (exact) mass is 434 g/mol. The summed E-state index contributed by atoms with van der Waals surface area (Å²) in [7, 11) is 0. The highest BCUT2D eigenvalue weighted by molar-refractivity contribution is 6.03. The first kappa shape index (κ1) is 21.0. The molecule has 0 saturated carbocycles. The zero-order valence-corrected chi connectivity index (χ0v) is 16.7. The molecule has 32 heavy (non-hydrogen) atoms. The van der Waals surface area contributed by atoms with Gasteiger partial charge in [-0.2, -0.15) is 0 Å². The van der Waals surface area contributed by atoms with Gasteiger partial charge in [-0.25, -0.2) is 19.2 Å². The minimum Gasteiger partial charge on any atom is -0.478 e. The molecule has 0 fully saturated rings. The molecule has 0 atom stereocenters. The summed E-state index contributed by atoms with van der Waals surface area (Å²) < 4.78 is 0. The maximum atomic E-state index is 11.2. The number of carboxylic acid groups (broad SMARTS) is 4. The van der Waals surface area contributed by atoms with Gasteiger partial charge in [-0.3, -0.25) is 0 Å². The van der Waals surface area contributed by atoms with Gasteiger partial charge in [-0.1, -0.05) is 18.2 Å². The Hall–Kier alpha value is -4.20. The van der Waals surface area contributed by atoms with Crippen molar-refractivity contribution in [3.8, 4) is 0 Å². The quantitative estimate of drug-likeness (QED) is 0.487. The van der Waals surface area contributed by atoms with Crippen molar-refractivity contribution in [1.82, 2.24) is 0 Å². The molecule has 0 aliphatic heterocycles. The molecule has 0 radical (unpaired) electrons. The zero-order chi connectivity index (χ0) is 23.2. The van der Waals surface area contributed by atoms with Gasteiger partial charge in [0.15, 0.2) is 0 Å². The Morgan fingerprint density at radius 2 is 1.22 bits per heavy atom. The third-order valence-corrected chi connectivity index (χ3v) is 5.92. The maximum Gasteiger partial charge on any atom is 0.336 e. The van der Waals surface area contributed by atoms with E-state index in [9.17, 15) is 24.3 Å². The molecule has 0 saturated heterocycles. The summed E-state index contributed by atoms with van der Waals surface area (Å²) in [5.41, 5.74) is 3.74. The van der Waals surface area contributed by atoms with Gasteiger partial charge in [0.1, 0.15) is 0 Å². The number of fused-ring (bicyclic) bond motifs is 6. The van der Waals surface area contributed by atoms with Gasteiger partial charge in [0.05, 0.1) is 22.3 Å². The lowest BCUT2D eigenvalue weighted by molar-refractivity contribution is 0.0679. The van der Waals surface area contributed by atoms with Crippen molar-refractivity contribution in [3.63, 3.8) is 0 Å². The molecule has 4 N–H and O–H groups in total. The van der Waals surface area contributed by atoms with Crippen LogP contribution in [-0.2, 0) is 25.7 Å². The van der Waals surface area contributed by atoms with Gasteiger partial charge in [0.2, 0.25) is 0 Å². The van der Waals surface area contributed by atoms with E-state index in [1.807, 2.05) is 0 Å². The highest BCUT2D eigenvalue weighted by atomic mass is 16.4. The summed E-state index contributed by atoms with van der Waals surface area (Å²) in [6.07, 6.45) is 2.58. The Morgan fingerprint density at radius 1 is 0.594 bits per heavy atom. The van der Waals surface area contributed by atoms with Gasteiger partial charge in [-0.05, 0) is 76.9 Å². The van der Waals surface area contributed by atoms with Gasteiger partial charge >= 0.3 is 23.9 Å². The summed E-state index contributed by atoms with van der Waals surface area (Å²) in [5, 5.41) is 37.5. The molecule has 162 valence electrons. The molecule has 8 nitrogen and oxygen atoms in total. The molecule has 0 amide bonds. The van der Waals surface area contributed by atoms with E-state index >= 15 is 0 Å². The Balaban J connectivity index is 0.000000158. The summed E-state index contributed by atoms with van der Waals surface area (Å²) in [6.45, 7) is 0. The van der Waals surface area contributed by atoms with Crippen molar-refractivity contribution >= 4 is 34.6 Å². The third-order valence-electron chi connectivity index (χ3n) is 5.92. The van der Waals surface area contributed by atoms with Crippen LogP contribution in [0.1, 0.15) is 63.7 Å². The smallest absolute Gasteiger partial charge is 0.336 e.